The number of rotatable bonds is 16. The Hall–Kier alpha value is -1.91. The molecule has 0 fully saturated rings. The van der Waals surface area contributed by atoms with Gasteiger partial charge < -0.3 is 15.2 Å². The molecule has 0 aromatic heterocycles. The summed E-state index contributed by atoms with van der Waals surface area (Å²) >= 11 is 12.2. The van der Waals surface area contributed by atoms with Crippen molar-refractivity contribution in [1.29, 1.82) is 0 Å². The third kappa shape index (κ3) is 9.76. The van der Waals surface area contributed by atoms with Crippen LogP contribution in [0, 0.1) is 6.92 Å². The molecule has 188 valence electrons. The first-order valence-corrected chi connectivity index (χ1v) is 13.4. The number of benzene rings is 2. The van der Waals surface area contributed by atoms with Gasteiger partial charge in [0.25, 0.3) is 0 Å². The molecule has 2 rings (SSSR count). The highest BCUT2D eigenvalue weighted by molar-refractivity contribution is 6.37. The van der Waals surface area contributed by atoms with Gasteiger partial charge in [0.05, 0.1) is 23.7 Å². The largest absolute Gasteiger partial charge is 0.504 e. The summed E-state index contributed by atoms with van der Waals surface area (Å²) in [5.41, 5.74) is 1.95. The fourth-order valence-corrected chi connectivity index (χ4v) is 4.38. The van der Waals surface area contributed by atoms with Crippen LogP contribution in [0.25, 0.3) is 0 Å². The number of para-hydroxylation sites is 1. The Morgan fingerprint density at radius 3 is 2.26 bits per heavy atom. The third-order valence-corrected chi connectivity index (χ3v) is 6.91. The van der Waals surface area contributed by atoms with Gasteiger partial charge in [-0.05, 0) is 43.0 Å². The first kappa shape index (κ1) is 28.3. The highest BCUT2D eigenvalue weighted by Crippen LogP contribution is 2.38. The van der Waals surface area contributed by atoms with Gasteiger partial charge in [-0.3, -0.25) is 4.79 Å². The molecule has 0 aliphatic carbocycles. The van der Waals surface area contributed by atoms with Crippen LogP contribution in [-0.2, 0) is 11.2 Å². The Labute approximate surface area is 215 Å². The number of aryl methyl sites for hydroxylation is 1. The van der Waals surface area contributed by atoms with Gasteiger partial charge in [0, 0.05) is 5.02 Å². The number of carbonyl (C=O) groups excluding carboxylic acids is 1. The molecule has 0 aliphatic rings. The molecular weight excluding hydrogens is 469 g/mol. The number of hydrogen-bond donors (Lipinski definition) is 2. The van der Waals surface area contributed by atoms with Crippen LogP contribution in [0.1, 0.15) is 88.7 Å². The zero-order valence-corrected chi connectivity index (χ0v) is 22.1. The van der Waals surface area contributed by atoms with Crippen LogP contribution < -0.4 is 10.1 Å². The van der Waals surface area contributed by atoms with Gasteiger partial charge in [-0.25, -0.2) is 0 Å². The lowest BCUT2D eigenvalue weighted by Crippen LogP contribution is -2.15. The minimum atomic E-state index is -0.279. The smallest absolute Gasteiger partial charge is 0.227 e. The van der Waals surface area contributed by atoms with E-state index in [4.69, 9.17) is 27.9 Å². The molecule has 1 amide bonds. The number of nitrogens with one attached hydrogen (secondary N) is 1. The van der Waals surface area contributed by atoms with E-state index in [9.17, 15) is 9.90 Å². The summed E-state index contributed by atoms with van der Waals surface area (Å²) in [5, 5.41) is 13.3. The lowest BCUT2D eigenvalue weighted by molar-refractivity contribution is -0.116. The Kier molecular flexibility index (Phi) is 13.2. The molecule has 0 saturated heterocycles. The van der Waals surface area contributed by atoms with Crippen molar-refractivity contribution in [3.8, 4) is 11.5 Å². The van der Waals surface area contributed by atoms with E-state index >= 15 is 0 Å². The van der Waals surface area contributed by atoms with Crippen molar-refractivity contribution in [2.45, 2.75) is 90.9 Å². The molecule has 0 heterocycles. The summed E-state index contributed by atoms with van der Waals surface area (Å²) in [6.07, 6.45) is 14.3. The predicted octanol–water partition coefficient (Wildman–Crippen LogP) is 8.88. The highest BCUT2D eigenvalue weighted by atomic mass is 35.5. The van der Waals surface area contributed by atoms with Crippen LogP contribution in [-0.4, -0.2) is 17.6 Å². The van der Waals surface area contributed by atoms with Gasteiger partial charge in [-0.15, -0.1) is 0 Å². The van der Waals surface area contributed by atoms with E-state index in [0.717, 1.165) is 18.6 Å². The van der Waals surface area contributed by atoms with Crippen molar-refractivity contribution in [3.05, 3.63) is 51.5 Å². The molecule has 0 saturated carbocycles. The molecule has 2 aromatic rings. The normalized spacial score (nSPS) is 10.9. The molecule has 0 spiro atoms. The van der Waals surface area contributed by atoms with E-state index in [1.165, 1.54) is 69.4 Å². The number of unbranched alkanes of at least 4 members (excludes halogenated alkanes) is 9. The highest BCUT2D eigenvalue weighted by Gasteiger charge is 2.15. The van der Waals surface area contributed by atoms with E-state index in [-0.39, 0.29) is 35.4 Å². The van der Waals surface area contributed by atoms with E-state index in [1.54, 1.807) is 6.92 Å². The van der Waals surface area contributed by atoms with Crippen molar-refractivity contribution < 1.29 is 14.6 Å². The topological polar surface area (TPSA) is 58.6 Å². The minimum absolute atomic E-state index is 0.139. The number of phenols is 1. The fraction of sp³-hybridized carbons (Fsp3) is 0.536. The van der Waals surface area contributed by atoms with Gasteiger partial charge in [0.2, 0.25) is 5.91 Å². The summed E-state index contributed by atoms with van der Waals surface area (Å²) in [4.78, 5) is 12.3. The first-order chi connectivity index (χ1) is 16.4. The zero-order valence-electron chi connectivity index (χ0n) is 20.6. The van der Waals surface area contributed by atoms with E-state index in [0.29, 0.717) is 10.6 Å². The quantitative estimate of drug-likeness (QED) is 0.176. The van der Waals surface area contributed by atoms with Gasteiger partial charge >= 0.3 is 0 Å². The van der Waals surface area contributed by atoms with E-state index < -0.39 is 0 Å². The molecule has 0 atom stereocenters. The van der Waals surface area contributed by atoms with Gasteiger partial charge in [0.15, 0.2) is 5.75 Å². The van der Waals surface area contributed by atoms with E-state index in [1.807, 2.05) is 18.2 Å². The second kappa shape index (κ2) is 15.9. The average molecular weight is 509 g/mol. The fourth-order valence-electron chi connectivity index (χ4n) is 3.92. The first-order valence-electron chi connectivity index (χ1n) is 12.6. The Balaban J connectivity index is 1.69. The van der Waals surface area contributed by atoms with Gasteiger partial charge in [0.1, 0.15) is 5.75 Å². The summed E-state index contributed by atoms with van der Waals surface area (Å²) in [5.74, 6) is 0.369. The van der Waals surface area contributed by atoms with E-state index in [2.05, 4.69) is 18.3 Å². The van der Waals surface area contributed by atoms with Crippen molar-refractivity contribution in [2.75, 3.05) is 11.9 Å². The Bertz CT molecular complexity index is 901. The van der Waals surface area contributed by atoms with Crippen LogP contribution >= 0.6 is 23.2 Å². The second-order valence-corrected chi connectivity index (χ2v) is 9.67. The number of anilines is 1. The number of ether oxygens (including phenoxy) is 1. The predicted molar refractivity (Wildman–Crippen MR) is 144 cm³/mol. The molecule has 34 heavy (non-hydrogen) atoms. The van der Waals surface area contributed by atoms with Crippen LogP contribution in [0.5, 0.6) is 11.5 Å². The van der Waals surface area contributed by atoms with Crippen LogP contribution in [0.3, 0.4) is 0 Å². The van der Waals surface area contributed by atoms with Crippen LogP contribution in [0.15, 0.2) is 30.3 Å². The van der Waals surface area contributed by atoms with Crippen LogP contribution in [0.2, 0.25) is 10.0 Å². The number of phenolic OH excluding ortho intramolecular Hbond substituents is 1. The van der Waals surface area contributed by atoms with Crippen molar-refractivity contribution in [2.24, 2.45) is 0 Å². The third-order valence-electron chi connectivity index (χ3n) is 6.05. The molecule has 4 nitrogen and oxygen atoms in total. The molecule has 0 unspecified atom stereocenters. The molecule has 0 bridgehead atoms. The summed E-state index contributed by atoms with van der Waals surface area (Å²) in [6, 6.07) is 9.52. The number of aromatic hydroxyl groups is 1. The zero-order chi connectivity index (χ0) is 24.8. The maximum Gasteiger partial charge on any atom is 0.227 e. The molecule has 0 aliphatic heterocycles. The van der Waals surface area contributed by atoms with Gasteiger partial charge in [-0.2, -0.15) is 0 Å². The molecule has 2 N–H and O–H groups in total. The lowest BCUT2D eigenvalue weighted by atomic mass is 10.0. The number of hydrogen-bond acceptors (Lipinski definition) is 3. The minimum Gasteiger partial charge on any atom is -0.504 e. The van der Waals surface area contributed by atoms with Crippen molar-refractivity contribution in [1.82, 2.24) is 0 Å². The SMILES string of the molecule is CCCCCCCCCCCCc1ccccc1OCCC(=O)Nc1cc(Cl)c(C)c(Cl)c1O. The second-order valence-electron chi connectivity index (χ2n) is 8.88. The summed E-state index contributed by atoms with van der Waals surface area (Å²) in [7, 11) is 0. The maximum atomic E-state index is 12.3. The van der Waals surface area contributed by atoms with Gasteiger partial charge in [-0.1, -0.05) is 106 Å². The average Bonchev–Trinajstić information content (AvgIpc) is 2.83. The molecule has 2 aromatic carbocycles. The van der Waals surface area contributed by atoms with Crippen molar-refractivity contribution >= 4 is 34.8 Å². The van der Waals surface area contributed by atoms with Crippen molar-refractivity contribution in [3.63, 3.8) is 0 Å². The maximum absolute atomic E-state index is 12.3. The summed E-state index contributed by atoms with van der Waals surface area (Å²) < 4.78 is 5.91. The Morgan fingerprint density at radius 2 is 1.59 bits per heavy atom. The summed E-state index contributed by atoms with van der Waals surface area (Å²) in [6.45, 7) is 4.21. The standard InChI is InChI=1S/C28H39Cl2NO3/c1-3-4-5-6-7-8-9-10-11-12-15-22-16-13-14-17-25(22)34-19-18-26(32)31-24-20-23(29)21(2)27(30)28(24)33/h13-14,16-17,20,33H,3-12,15,18-19H2,1-2H3,(H,31,32). The number of halogens is 2. The molecule has 6 heteroatoms. The Morgan fingerprint density at radius 1 is 0.971 bits per heavy atom. The molecule has 0 radical (unpaired) electrons. The van der Waals surface area contributed by atoms with Crippen LogP contribution in [0.4, 0.5) is 5.69 Å². The lowest BCUT2D eigenvalue weighted by Gasteiger charge is -2.13. The molecular formula is C28H39Cl2NO3. The monoisotopic (exact) mass is 507 g/mol. The number of carbonyl (C=O) groups is 1. The number of amides is 1.